The highest BCUT2D eigenvalue weighted by Crippen LogP contribution is 2.11. The molecule has 2 aromatic carbocycles. The van der Waals surface area contributed by atoms with Gasteiger partial charge in [0.25, 0.3) is 0 Å². The Hall–Kier alpha value is -2.80. The van der Waals surface area contributed by atoms with Crippen molar-refractivity contribution in [2.75, 3.05) is 0 Å². The van der Waals surface area contributed by atoms with Gasteiger partial charge in [-0.05, 0) is 33.0 Å². The minimum atomic E-state index is 0.500. The first-order valence-electron chi connectivity index (χ1n) is 5.01. The molecule has 3 rings (SSSR count). The monoisotopic (exact) mass is 236 g/mol. The van der Waals surface area contributed by atoms with E-state index in [4.69, 9.17) is 20.4 Å². The zero-order valence-electron chi connectivity index (χ0n) is 9.33. The molecule has 88 valence electrons. The summed E-state index contributed by atoms with van der Waals surface area (Å²) >= 11 is 0. The maximum absolute atomic E-state index is 8.24. The van der Waals surface area contributed by atoms with Crippen molar-refractivity contribution in [3.63, 3.8) is 0 Å². The normalized spacial score (nSPS) is 8.44. The van der Waals surface area contributed by atoms with Crippen molar-refractivity contribution in [1.29, 1.82) is 0 Å². The van der Waals surface area contributed by atoms with Gasteiger partial charge in [-0.1, -0.05) is 48.5 Å². The van der Waals surface area contributed by atoms with Crippen LogP contribution in [0.15, 0.2) is 48.5 Å². The van der Waals surface area contributed by atoms with E-state index in [1.807, 2.05) is 0 Å². The fourth-order valence-electron chi connectivity index (χ4n) is 1.84. The largest absolute Gasteiger partial charge is 0.724 e. The zero-order valence-corrected chi connectivity index (χ0v) is 9.33. The summed E-state index contributed by atoms with van der Waals surface area (Å²) in [4.78, 5) is 16.5. The highest BCUT2D eigenvalue weighted by Gasteiger charge is 1.97. The third-order valence-electron chi connectivity index (χ3n) is 2.43. The third kappa shape index (κ3) is 2.66. The second-order valence-corrected chi connectivity index (χ2v) is 3.27. The first kappa shape index (κ1) is 13.3. The molecule has 1 aliphatic rings. The highest BCUT2D eigenvalue weighted by molar-refractivity contribution is 5.37. The highest BCUT2D eigenvalue weighted by atomic mass is 16.1. The van der Waals surface area contributed by atoms with E-state index in [9.17, 15) is 0 Å². The van der Waals surface area contributed by atoms with E-state index in [0.29, 0.717) is 12.2 Å². The Morgan fingerprint density at radius 3 is 0.944 bits per heavy atom. The van der Waals surface area contributed by atoms with Crippen molar-refractivity contribution in [2.45, 2.75) is 0 Å². The standard InChI is InChI=1S/C12H8.2CNO/c1-2-6-10-9(5-1)11-7-3-4-8-12(10)11;2*2-1-3/h1-8H;;/q;2*-1. The van der Waals surface area contributed by atoms with E-state index >= 15 is 0 Å². The minimum Gasteiger partial charge on any atom is -0.724 e. The number of hydrogen-bond acceptors (Lipinski definition) is 2. The summed E-state index contributed by atoms with van der Waals surface area (Å²) in [5.41, 5.74) is 0. The molecule has 0 aromatic heterocycles. The Morgan fingerprint density at radius 1 is 0.611 bits per heavy atom. The van der Waals surface area contributed by atoms with Gasteiger partial charge in [0, 0.05) is 0 Å². The summed E-state index contributed by atoms with van der Waals surface area (Å²) in [6, 6.07) is 17.1. The molecule has 0 bridgehead atoms. The molecule has 0 amide bonds. The molecular formula is C14H8N2O2-2. The number of benzene rings is 2. The lowest BCUT2D eigenvalue weighted by atomic mass is 10.0. The number of fused-ring (bicyclic) bond motifs is 2. The minimum absolute atomic E-state index is 0.500. The van der Waals surface area contributed by atoms with Crippen LogP contribution >= 0.6 is 0 Å². The maximum Gasteiger partial charge on any atom is -0.00990 e. The molecule has 0 atom stereocenters. The van der Waals surface area contributed by atoms with Crippen LogP contribution in [0.3, 0.4) is 0 Å². The first-order chi connectivity index (χ1) is 8.79. The number of carbonyl (C=O) groups excluding carboxylic acids is 2. The molecule has 18 heavy (non-hydrogen) atoms. The Kier molecular flexibility index (Phi) is 4.95. The molecule has 0 spiro atoms. The molecule has 0 unspecified atom stereocenters. The molecule has 4 nitrogen and oxygen atoms in total. The number of hydrogen-bond donors (Lipinski definition) is 0. The molecule has 0 radical (unpaired) electrons. The SMILES string of the molecule is [N-]=C=O.[N-]=C=O.c1ccc2c(c1)=c1ccccc1=2. The van der Waals surface area contributed by atoms with Crippen LogP contribution in [0.5, 0.6) is 0 Å². The quantitative estimate of drug-likeness (QED) is 0.443. The third-order valence-corrected chi connectivity index (χ3v) is 2.43. The fourth-order valence-corrected chi connectivity index (χ4v) is 1.84. The van der Waals surface area contributed by atoms with Gasteiger partial charge in [0.05, 0.1) is 0 Å². The molecule has 0 heterocycles. The molecule has 0 saturated heterocycles. The molecular weight excluding hydrogens is 228 g/mol. The summed E-state index contributed by atoms with van der Waals surface area (Å²) < 4.78 is 0. The Bertz CT molecular complexity index is 639. The van der Waals surface area contributed by atoms with E-state index in [1.54, 1.807) is 0 Å². The maximum atomic E-state index is 8.24. The van der Waals surface area contributed by atoms with Gasteiger partial charge < -0.3 is 10.8 Å². The van der Waals surface area contributed by atoms with Gasteiger partial charge in [-0.3, -0.25) is 9.59 Å². The Morgan fingerprint density at radius 2 is 0.778 bits per heavy atom. The molecule has 0 N–H and O–H groups in total. The predicted molar refractivity (Wildman–Crippen MR) is 66.3 cm³/mol. The molecule has 1 aliphatic carbocycles. The first-order valence-corrected chi connectivity index (χ1v) is 5.01. The number of nitrogens with zero attached hydrogens (tertiary/aromatic N) is 2. The molecule has 2 aromatic rings. The Labute approximate surface area is 103 Å². The molecule has 0 saturated carbocycles. The van der Waals surface area contributed by atoms with Gasteiger partial charge >= 0.3 is 0 Å². The van der Waals surface area contributed by atoms with Crippen LogP contribution in [0.1, 0.15) is 0 Å². The van der Waals surface area contributed by atoms with E-state index in [0.717, 1.165) is 0 Å². The van der Waals surface area contributed by atoms with Crippen LogP contribution in [0.25, 0.3) is 10.8 Å². The van der Waals surface area contributed by atoms with Crippen molar-refractivity contribution in [2.24, 2.45) is 0 Å². The summed E-state index contributed by atoms with van der Waals surface area (Å²) in [6.45, 7) is 0. The van der Waals surface area contributed by atoms with E-state index < -0.39 is 0 Å². The van der Waals surface area contributed by atoms with Crippen molar-refractivity contribution in [1.82, 2.24) is 0 Å². The zero-order chi connectivity index (χ0) is 13.4. The van der Waals surface area contributed by atoms with Crippen LogP contribution in [-0.4, -0.2) is 12.2 Å². The lowest BCUT2D eigenvalue weighted by Crippen LogP contribution is -1.88. The van der Waals surface area contributed by atoms with E-state index in [-0.39, 0.29) is 0 Å². The van der Waals surface area contributed by atoms with Crippen LogP contribution in [0.2, 0.25) is 0 Å². The average Bonchev–Trinajstić information content (AvgIpc) is 2.38. The number of isocyanates is 2. The van der Waals surface area contributed by atoms with Crippen molar-refractivity contribution >= 4 is 12.2 Å². The summed E-state index contributed by atoms with van der Waals surface area (Å²) in [5, 5.41) is 19.1. The van der Waals surface area contributed by atoms with Crippen molar-refractivity contribution < 1.29 is 9.59 Å². The van der Waals surface area contributed by atoms with Crippen LogP contribution in [0, 0.1) is 20.9 Å². The number of rotatable bonds is 0. The van der Waals surface area contributed by atoms with Gasteiger partial charge in [-0.25, -0.2) is 0 Å². The second kappa shape index (κ2) is 6.71. The van der Waals surface area contributed by atoms with Gasteiger partial charge in [-0.2, -0.15) is 0 Å². The predicted octanol–water partition coefficient (Wildman–Crippen LogP) is 2.36. The van der Waals surface area contributed by atoms with Gasteiger partial charge in [-0.15, -0.1) is 0 Å². The smallest absolute Gasteiger partial charge is 0.00990 e. The molecule has 4 heteroatoms. The van der Waals surface area contributed by atoms with Gasteiger partial charge in [0.15, 0.2) is 0 Å². The lowest BCUT2D eigenvalue weighted by Gasteiger charge is -2.02. The average molecular weight is 236 g/mol. The summed E-state index contributed by atoms with van der Waals surface area (Å²) in [6.07, 6.45) is 1.00. The summed E-state index contributed by atoms with van der Waals surface area (Å²) in [5.74, 6) is 0. The van der Waals surface area contributed by atoms with E-state index in [1.165, 1.54) is 20.9 Å². The van der Waals surface area contributed by atoms with E-state index in [2.05, 4.69) is 48.5 Å². The van der Waals surface area contributed by atoms with Gasteiger partial charge in [0.2, 0.25) is 0 Å². The topological polar surface area (TPSA) is 78.7 Å². The molecule has 0 aliphatic heterocycles. The van der Waals surface area contributed by atoms with Crippen molar-refractivity contribution in [3.8, 4) is 0 Å². The van der Waals surface area contributed by atoms with Crippen LogP contribution < -0.4 is 0 Å². The fraction of sp³-hybridized carbons (Fsp3) is 0. The van der Waals surface area contributed by atoms with Crippen LogP contribution in [0.4, 0.5) is 0 Å². The second-order valence-electron chi connectivity index (χ2n) is 3.27. The van der Waals surface area contributed by atoms with Crippen molar-refractivity contribution in [3.05, 3.63) is 80.2 Å². The molecule has 0 fully saturated rings. The van der Waals surface area contributed by atoms with Gasteiger partial charge in [0.1, 0.15) is 0 Å². The lowest BCUT2D eigenvalue weighted by molar-refractivity contribution is 0.568. The van der Waals surface area contributed by atoms with Crippen LogP contribution in [-0.2, 0) is 9.59 Å². The summed E-state index contributed by atoms with van der Waals surface area (Å²) in [7, 11) is 0. The Balaban J connectivity index is 0.000000234.